The Morgan fingerprint density at radius 1 is 0.750 bits per heavy atom. The summed E-state index contributed by atoms with van der Waals surface area (Å²) in [5, 5.41) is 0. The molecule has 0 nitrogen and oxygen atoms in total. The second-order valence-corrected chi connectivity index (χ2v) is 3.35. The fraction of sp³-hybridized carbons (Fsp3) is 0. The molecule has 0 atom stereocenters. The number of benzene rings is 2. The van der Waals surface area contributed by atoms with E-state index in [9.17, 15) is 0 Å². The van der Waals surface area contributed by atoms with E-state index in [1.807, 2.05) is 42.5 Å². The first-order valence-corrected chi connectivity index (χ1v) is 5.02. The fourth-order valence-corrected chi connectivity index (χ4v) is 1.64. The Bertz CT molecular complexity index is 402. The van der Waals surface area contributed by atoms with Gasteiger partial charge in [0.05, 0.1) is 0 Å². The maximum atomic E-state index is 3.88. The predicted octanol–water partition coefficient (Wildman–Crippen LogP) is 0.956. The second-order valence-electron chi connectivity index (χ2n) is 3.35. The molecule has 0 saturated heterocycles. The van der Waals surface area contributed by atoms with Gasteiger partial charge in [-0.15, -0.1) is 0 Å². The average Bonchev–Trinajstić information content (AvgIpc) is 2.33. The van der Waals surface area contributed by atoms with Crippen molar-refractivity contribution in [2.24, 2.45) is 0 Å². The van der Waals surface area contributed by atoms with Crippen LogP contribution in [0.15, 0.2) is 66.7 Å². The summed E-state index contributed by atoms with van der Waals surface area (Å²) >= 11 is 0. The monoisotopic (exact) mass is 200 g/mol. The number of rotatable bonds is 2. The molecule has 2 aromatic rings. The first-order chi connectivity index (χ1) is 7.42. The topological polar surface area (TPSA) is 0 Å². The molecule has 0 saturated carbocycles. The van der Waals surface area contributed by atoms with Crippen LogP contribution in [0.25, 0.3) is 5.57 Å². The van der Waals surface area contributed by atoms with E-state index in [1.165, 1.54) is 16.7 Å². The molecule has 0 fully saturated rings. The smallest absolute Gasteiger partial charge is 0.244 e. The Balaban J connectivity index is 0.00000128. The minimum Gasteiger partial charge on any atom is -0.244 e. The van der Waals surface area contributed by atoms with Gasteiger partial charge in [0.15, 0.2) is 0 Å². The molecule has 0 aliphatic rings. The summed E-state index contributed by atoms with van der Waals surface area (Å²) in [7, 11) is 0. The van der Waals surface area contributed by atoms with Crippen LogP contribution in [-0.4, -0.2) is 0 Å². The maximum Gasteiger partial charge on any atom is 1.00 e. The zero-order valence-electron chi connectivity index (χ0n) is 9.56. The minimum absolute atomic E-state index is 0. The van der Waals surface area contributed by atoms with Crippen molar-refractivity contribution < 1.29 is 18.9 Å². The van der Waals surface area contributed by atoms with E-state index in [2.05, 4.69) is 31.2 Å². The summed E-state index contributed by atoms with van der Waals surface area (Å²) in [6.45, 7) is 3.88. The van der Waals surface area contributed by atoms with Gasteiger partial charge >= 0.3 is 18.9 Å². The Morgan fingerprint density at radius 3 is 1.44 bits per heavy atom. The number of hydrogen-bond donors (Lipinski definition) is 0. The zero-order valence-corrected chi connectivity index (χ0v) is 9.56. The van der Waals surface area contributed by atoms with Crippen LogP contribution in [-0.2, 0) is 0 Å². The molecule has 16 heavy (non-hydrogen) atoms. The summed E-state index contributed by atoms with van der Waals surface area (Å²) in [5.74, 6) is 0. The van der Waals surface area contributed by atoms with Gasteiger partial charge in [0.2, 0.25) is 0 Å². The molecule has 0 radical (unpaired) electrons. The van der Waals surface area contributed by atoms with Crippen molar-refractivity contribution in [3.63, 3.8) is 0 Å². The maximum absolute atomic E-state index is 3.88. The summed E-state index contributed by atoms with van der Waals surface area (Å²) in [4.78, 5) is 0. The quantitative estimate of drug-likeness (QED) is 0.500. The second kappa shape index (κ2) is 6.28. The van der Waals surface area contributed by atoms with Gasteiger partial charge in [0, 0.05) is 0 Å². The Kier molecular flexibility index (Phi) is 4.99. The molecular weight excluding hydrogens is 187 g/mol. The molecule has 0 aliphatic carbocycles. The normalized spacial score (nSPS) is 9.00. The third kappa shape index (κ3) is 2.82. The van der Waals surface area contributed by atoms with Crippen molar-refractivity contribution in [3.8, 4) is 0 Å². The van der Waals surface area contributed by atoms with Gasteiger partial charge < -0.3 is 0 Å². The molecule has 0 unspecified atom stereocenters. The average molecular weight is 200 g/mol. The SMILES string of the molecule is [CH2-]C=C(c1ccccc1)c1ccccc1.[Li+]. The van der Waals surface area contributed by atoms with Gasteiger partial charge in [0.25, 0.3) is 0 Å². The summed E-state index contributed by atoms with van der Waals surface area (Å²) in [5.41, 5.74) is 3.59. The van der Waals surface area contributed by atoms with Gasteiger partial charge in [-0.1, -0.05) is 71.8 Å². The van der Waals surface area contributed by atoms with Gasteiger partial charge in [-0.05, 0) is 0 Å². The van der Waals surface area contributed by atoms with Crippen LogP contribution >= 0.6 is 0 Å². The van der Waals surface area contributed by atoms with Gasteiger partial charge in [-0.3, -0.25) is 0 Å². The van der Waals surface area contributed by atoms with E-state index >= 15 is 0 Å². The zero-order chi connectivity index (χ0) is 10.5. The van der Waals surface area contributed by atoms with Crippen molar-refractivity contribution in [2.45, 2.75) is 0 Å². The number of allylic oxidation sites excluding steroid dienone is 1. The molecule has 0 bridgehead atoms. The Morgan fingerprint density at radius 2 is 1.12 bits per heavy atom. The molecule has 2 rings (SSSR count). The van der Waals surface area contributed by atoms with Crippen molar-refractivity contribution in [3.05, 3.63) is 84.8 Å². The van der Waals surface area contributed by atoms with Crippen LogP contribution in [0.1, 0.15) is 11.1 Å². The van der Waals surface area contributed by atoms with Crippen molar-refractivity contribution in [1.29, 1.82) is 0 Å². The van der Waals surface area contributed by atoms with E-state index in [0.29, 0.717) is 0 Å². The molecule has 2 aromatic carbocycles. The summed E-state index contributed by atoms with van der Waals surface area (Å²) < 4.78 is 0. The number of hydrogen-bond acceptors (Lipinski definition) is 0. The molecule has 0 spiro atoms. The standard InChI is InChI=1S/C15H13.Li/c1-2-15(13-9-5-3-6-10-13)14-11-7-4-8-12-14;/h2-12H,1H2;/q-1;+1. The Hall–Kier alpha value is -1.35. The van der Waals surface area contributed by atoms with Crippen LogP contribution in [0.5, 0.6) is 0 Å². The van der Waals surface area contributed by atoms with E-state index in [1.54, 1.807) is 0 Å². The molecule has 0 heterocycles. The molecule has 0 aromatic heterocycles. The molecular formula is C15H13Li. The van der Waals surface area contributed by atoms with E-state index in [0.717, 1.165) is 0 Å². The van der Waals surface area contributed by atoms with Crippen LogP contribution in [0.4, 0.5) is 0 Å². The third-order valence-electron chi connectivity index (χ3n) is 2.37. The van der Waals surface area contributed by atoms with Crippen molar-refractivity contribution in [2.75, 3.05) is 0 Å². The van der Waals surface area contributed by atoms with Crippen LogP contribution in [0.3, 0.4) is 0 Å². The molecule has 0 N–H and O–H groups in total. The first kappa shape index (κ1) is 12.7. The van der Waals surface area contributed by atoms with Gasteiger partial charge in [-0.25, -0.2) is 13.0 Å². The van der Waals surface area contributed by atoms with Crippen LogP contribution in [0.2, 0.25) is 0 Å². The van der Waals surface area contributed by atoms with Gasteiger partial charge in [-0.2, -0.15) is 5.57 Å². The summed E-state index contributed by atoms with van der Waals surface area (Å²) in [6.07, 6.45) is 1.91. The third-order valence-corrected chi connectivity index (χ3v) is 2.37. The fourth-order valence-electron chi connectivity index (χ4n) is 1.64. The van der Waals surface area contributed by atoms with E-state index in [4.69, 9.17) is 0 Å². The first-order valence-electron chi connectivity index (χ1n) is 5.02. The largest absolute Gasteiger partial charge is 1.00 e. The molecule has 1 heteroatoms. The Labute approximate surface area is 109 Å². The summed E-state index contributed by atoms with van der Waals surface area (Å²) in [6, 6.07) is 20.6. The van der Waals surface area contributed by atoms with Crippen molar-refractivity contribution >= 4 is 5.57 Å². The van der Waals surface area contributed by atoms with Crippen LogP contribution in [0, 0.1) is 6.92 Å². The molecule has 0 aliphatic heterocycles. The van der Waals surface area contributed by atoms with E-state index in [-0.39, 0.29) is 18.9 Å². The van der Waals surface area contributed by atoms with Crippen molar-refractivity contribution in [1.82, 2.24) is 0 Å². The van der Waals surface area contributed by atoms with E-state index < -0.39 is 0 Å². The molecule has 74 valence electrons. The predicted molar refractivity (Wildman–Crippen MR) is 65.3 cm³/mol. The minimum atomic E-state index is 0. The molecule has 0 amide bonds. The van der Waals surface area contributed by atoms with Crippen LogP contribution < -0.4 is 18.9 Å². The van der Waals surface area contributed by atoms with Gasteiger partial charge in [0.1, 0.15) is 0 Å².